The number of nitrogen functional groups attached to an aromatic ring is 1. The molecule has 30 heavy (non-hydrogen) atoms. The molecule has 0 aliphatic heterocycles. The Morgan fingerprint density at radius 3 is 2.73 bits per heavy atom. The molecule has 1 amide bonds. The van der Waals surface area contributed by atoms with Gasteiger partial charge in [-0.2, -0.15) is 5.10 Å². The monoisotopic (exact) mass is 410 g/mol. The number of rotatable bonds is 9. The maximum absolute atomic E-state index is 12.1. The zero-order valence-electron chi connectivity index (χ0n) is 18.2. The summed E-state index contributed by atoms with van der Waals surface area (Å²) in [6, 6.07) is 0. The number of anilines is 1. The van der Waals surface area contributed by atoms with Gasteiger partial charge in [0.2, 0.25) is 5.91 Å². The van der Waals surface area contributed by atoms with Crippen molar-refractivity contribution in [2.24, 2.45) is 7.05 Å². The van der Waals surface area contributed by atoms with Gasteiger partial charge >= 0.3 is 0 Å². The van der Waals surface area contributed by atoms with Crippen molar-refractivity contribution in [2.75, 3.05) is 39.5 Å². The van der Waals surface area contributed by atoms with Crippen LogP contribution in [0.25, 0.3) is 22.2 Å². The highest BCUT2D eigenvalue weighted by atomic mass is 16.2. The smallest absolute Gasteiger partial charge is 0.245 e. The number of hydrogen-bond donors (Lipinski definition) is 1. The highest BCUT2D eigenvalue weighted by molar-refractivity contribution is 6.02. The van der Waals surface area contributed by atoms with Gasteiger partial charge in [-0.3, -0.25) is 9.48 Å². The Kier molecular flexibility index (Phi) is 6.51. The number of carbonyl (C=O) groups excluding carboxylic acids is 1. The molecule has 160 valence electrons. The van der Waals surface area contributed by atoms with E-state index in [0.717, 1.165) is 40.9 Å². The summed E-state index contributed by atoms with van der Waals surface area (Å²) in [6.45, 7) is 8.43. The van der Waals surface area contributed by atoms with Gasteiger partial charge in [0.05, 0.1) is 18.1 Å². The lowest BCUT2D eigenvalue weighted by atomic mass is 10.0. The van der Waals surface area contributed by atoms with Crippen LogP contribution >= 0.6 is 0 Å². The molecule has 0 spiro atoms. The van der Waals surface area contributed by atoms with Crippen molar-refractivity contribution in [1.82, 2.24) is 34.1 Å². The first-order valence-corrected chi connectivity index (χ1v) is 10.0. The number of aromatic nitrogens is 5. The van der Waals surface area contributed by atoms with Crippen LogP contribution in [0, 0.1) is 0 Å². The molecule has 0 atom stereocenters. The maximum Gasteiger partial charge on any atom is 0.245 e. The first-order valence-electron chi connectivity index (χ1n) is 10.0. The second kappa shape index (κ2) is 9.08. The van der Waals surface area contributed by atoms with Gasteiger partial charge in [0, 0.05) is 56.1 Å². The highest BCUT2D eigenvalue weighted by Gasteiger charge is 2.22. The van der Waals surface area contributed by atoms with Gasteiger partial charge in [0.15, 0.2) is 0 Å². The van der Waals surface area contributed by atoms with Crippen molar-refractivity contribution in [3.8, 4) is 11.1 Å². The predicted molar refractivity (Wildman–Crippen MR) is 119 cm³/mol. The van der Waals surface area contributed by atoms with Crippen molar-refractivity contribution in [3.63, 3.8) is 0 Å². The van der Waals surface area contributed by atoms with Crippen molar-refractivity contribution < 1.29 is 4.79 Å². The van der Waals surface area contributed by atoms with E-state index in [2.05, 4.69) is 26.5 Å². The summed E-state index contributed by atoms with van der Waals surface area (Å²) < 4.78 is 3.96. The lowest BCUT2D eigenvalue weighted by Crippen LogP contribution is -2.31. The number of carbonyl (C=O) groups is 1. The Labute approximate surface area is 176 Å². The van der Waals surface area contributed by atoms with Crippen molar-refractivity contribution in [1.29, 1.82) is 0 Å². The fourth-order valence-corrected chi connectivity index (χ4v) is 3.64. The molecule has 2 N–H and O–H groups in total. The summed E-state index contributed by atoms with van der Waals surface area (Å²) in [5, 5.41) is 5.35. The SMILES string of the molecule is C=CC(=O)N(CC)CCc1c(-c2cnn(CCN(C)C)c2)c2c(N)ncnc2n1C. The van der Waals surface area contributed by atoms with Gasteiger partial charge in [-0.25, -0.2) is 9.97 Å². The van der Waals surface area contributed by atoms with E-state index in [4.69, 9.17) is 5.73 Å². The molecule has 0 saturated heterocycles. The molecule has 0 aliphatic carbocycles. The fourth-order valence-electron chi connectivity index (χ4n) is 3.64. The molecular formula is C21H30N8O. The van der Waals surface area contributed by atoms with Gasteiger partial charge in [0.1, 0.15) is 17.8 Å². The number of fused-ring (bicyclic) bond motifs is 1. The van der Waals surface area contributed by atoms with E-state index < -0.39 is 0 Å². The highest BCUT2D eigenvalue weighted by Crippen LogP contribution is 2.36. The molecule has 0 bridgehead atoms. The third kappa shape index (κ3) is 4.20. The summed E-state index contributed by atoms with van der Waals surface area (Å²) in [7, 11) is 6.04. The molecule has 3 aromatic rings. The minimum Gasteiger partial charge on any atom is -0.383 e. The van der Waals surface area contributed by atoms with Crippen LogP contribution in [0.2, 0.25) is 0 Å². The van der Waals surface area contributed by atoms with E-state index in [1.807, 2.05) is 49.7 Å². The molecule has 0 aliphatic rings. The lowest BCUT2D eigenvalue weighted by Gasteiger charge is -2.19. The summed E-state index contributed by atoms with van der Waals surface area (Å²) in [4.78, 5) is 24.7. The van der Waals surface area contributed by atoms with Crippen molar-refractivity contribution >= 4 is 22.8 Å². The topological polar surface area (TPSA) is 98.1 Å². The summed E-state index contributed by atoms with van der Waals surface area (Å²) in [5.41, 5.74) is 10.0. The lowest BCUT2D eigenvalue weighted by molar-refractivity contribution is -0.125. The number of nitrogens with two attached hydrogens (primary N) is 1. The second-order valence-electron chi connectivity index (χ2n) is 7.51. The molecule has 9 nitrogen and oxygen atoms in total. The van der Waals surface area contributed by atoms with Crippen LogP contribution in [0.1, 0.15) is 12.6 Å². The van der Waals surface area contributed by atoms with Crippen LogP contribution in [0.15, 0.2) is 31.4 Å². The molecule has 3 rings (SSSR count). The number of amides is 1. The van der Waals surface area contributed by atoms with E-state index in [9.17, 15) is 4.79 Å². The maximum atomic E-state index is 12.1. The van der Waals surface area contributed by atoms with E-state index in [1.54, 1.807) is 4.90 Å². The summed E-state index contributed by atoms with van der Waals surface area (Å²) in [6.07, 6.45) is 7.36. The van der Waals surface area contributed by atoms with Crippen molar-refractivity contribution in [2.45, 2.75) is 19.9 Å². The molecule has 0 unspecified atom stereocenters. The minimum absolute atomic E-state index is 0.0753. The molecule has 0 fully saturated rings. The van der Waals surface area contributed by atoms with Gasteiger partial charge in [-0.15, -0.1) is 0 Å². The fraction of sp³-hybridized carbons (Fsp3) is 0.429. The van der Waals surface area contributed by atoms with E-state index in [0.29, 0.717) is 25.3 Å². The van der Waals surface area contributed by atoms with Crippen LogP contribution in [-0.2, 0) is 24.8 Å². The van der Waals surface area contributed by atoms with Crippen LogP contribution in [0.3, 0.4) is 0 Å². The third-order valence-corrected chi connectivity index (χ3v) is 5.30. The molecule has 3 heterocycles. The van der Waals surface area contributed by atoms with E-state index in [-0.39, 0.29) is 5.91 Å². The van der Waals surface area contributed by atoms with E-state index in [1.165, 1.54) is 12.4 Å². The third-order valence-electron chi connectivity index (χ3n) is 5.30. The van der Waals surface area contributed by atoms with Crippen molar-refractivity contribution in [3.05, 3.63) is 37.1 Å². The second-order valence-corrected chi connectivity index (χ2v) is 7.51. The number of hydrogen-bond acceptors (Lipinski definition) is 6. The predicted octanol–water partition coefficient (Wildman–Crippen LogP) is 1.55. The first kappa shape index (κ1) is 21.5. The Balaban J connectivity index is 2.04. The molecular weight excluding hydrogens is 380 g/mol. The van der Waals surface area contributed by atoms with Crippen LogP contribution in [0.4, 0.5) is 5.82 Å². The minimum atomic E-state index is -0.0753. The molecule has 3 aromatic heterocycles. The zero-order chi connectivity index (χ0) is 21.8. The summed E-state index contributed by atoms with van der Waals surface area (Å²) >= 11 is 0. The largest absolute Gasteiger partial charge is 0.383 e. The average molecular weight is 411 g/mol. The van der Waals surface area contributed by atoms with Gasteiger partial charge in [-0.1, -0.05) is 6.58 Å². The molecule has 0 aromatic carbocycles. The van der Waals surface area contributed by atoms with Gasteiger partial charge < -0.3 is 20.1 Å². The quantitative estimate of drug-likeness (QED) is 0.538. The standard InChI is InChI=1S/C21H30N8O/c1-6-17(30)28(7-2)9-8-16-18(15-12-25-29(13-15)11-10-26(3)4)19-20(22)23-14-24-21(19)27(16)5/h6,12-14H,1,7-11H2,2-5H3,(H2,22,23,24). The average Bonchev–Trinajstić information content (AvgIpc) is 3.30. The van der Waals surface area contributed by atoms with Crippen LogP contribution in [0.5, 0.6) is 0 Å². The molecule has 0 radical (unpaired) electrons. The number of aryl methyl sites for hydroxylation is 1. The Morgan fingerprint density at radius 2 is 2.07 bits per heavy atom. The first-order chi connectivity index (χ1) is 14.4. The Morgan fingerprint density at radius 1 is 1.30 bits per heavy atom. The summed E-state index contributed by atoms with van der Waals surface area (Å²) in [5.74, 6) is 0.362. The normalized spacial score (nSPS) is 11.4. The Hall–Kier alpha value is -3.20. The van der Waals surface area contributed by atoms with Gasteiger partial charge in [0.25, 0.3) is 0 Å². The molecule has 9 heteroatoms. The molecule has 0 saturated carbocycles. The zero-order valence-corrected chi connectivity index (χ0v) is 18.2. The number of likely N-dealkylation sites (N-methyl/N-ethyl adjacent to an activating group) is 2. The Bertz CT molecular complexity index is 1050. The number of nitrogens with zero attached hydrogens (tertiary/aromatic N) is 7. The van der Waals surface area contributed by atoms with E-state index >= 15 is 0 Å². The van der Waals surface area contributed by atoms with Gasteiger partial charge in [-0.05, 0) is 27.1 Å². The van der Waals surface area contributed by atoms with Crippen LogP contribution < -0.4 is 5.73 Å². The van der Waals surface area contributed by atoms with Crippen LogP contribution in [-0.4, -0.2) is 73.8 Å².